The smallest absolute Gasteiger partial charge is 0.272 e. The molecule has 1 unspecified atom stereocenters. The van der Waals surface area contributed by atoms with Gasteiger partial charge in [-0.3, -0.25) is 14.6 Å². The highest BCUT2D eigenvalue weighted by molar-refractivity contribution is 6.37. The van der Waals surface area contributed by atoms with E-state index in [2.05, 4.69) is 20.6 Å². The van der Waals surface area contributed by atoms with Crippen molar-refractivity contribution in [3.05, 3.63) is 57.5 Å². The van der Waals surface area contributed by atoms with Crippen LogP contribution in [0.3, 0.4) is 0 Å². The second-order valence-corrected chi connectivity index (χ2v) is 7.42. The van der Waals surface area contributed by atoms with Crippen LogP contribution in [-0.2, 0) is 6.54 Å². The van der Waals surface area contributed by atoms with Gasteiger partial charge in [-0.05, 0) is 38.1 Å². The van der Waals surface area contributed by atoms with E-state index in [-0.39, 0.29) is 33.3 Å². The summed E-state index contributed by atoms with van der Waals surface area (Å²) in [7, 11) is 0. The Bertz CT molecular complexity index is 1060. The number of rotatable bonds is 6. The maximum Gasteiger partial charge on any atom is 0.272 e. The van der Waals surface area contributed by atoms with Gasteiger partial charge in [-0.25, -0.2) is 0 Å². The van der Waals surface area contributed by atoms with Crippen LogP contribution in [-0.4, -0.2) is 37.0 Å². The lowest BCUT2D eigenvalue weighted by Gasteiger charge is -2.13. The number of nitriles is 1. The molecule has 0 aliphatic heterocycles. The van der Waals surface area contributed by atoms with Gasteiger partial charge in [-0.1, -0.05) is 23.2 Å². The van der Waals surface area contributed by atoms with E-state index < -0.39 is 6.10 Å². The standard InChI is InChI=1S/C19H18Cl2N6O2/c1-10(23-19(29)18-7-17(11(2)28)24-25-18)9-27-4-3-16(26-27)12-5-14(20)13(8-22)15(21)6-12/h3-7,10-11,28H,9H2,1-2H3,(H,23,29)(H,24,25)/t10-,11?/m0/s1. The Morgan fingerprint density at radius 1 is 1.34 bits per heavy atom. The summed E-state index contributed by atoms with van der Waals surface area (Å²) in [6, 6.07) is 8.32. The molecule has 0 radical (unpaired) electrons. The first kappa shape index (κ1) is 20.9. The zero-order valence-electron chi connectivity index (χ0n) is 15.6. The van der Waals surface area contributed by atoms with Gasteiger partial charge < -0.3 is 10.4 Å². The minimum atomic E-state index is -0.729. The van der Waals surface area contributed by atoms with Crippen molar-refractivity contribution in [3.63, 3.8) is 0 Å². The number of hydrogen-bond donors (Lipinski definition) is 3. The largest absolute Gasteiger partial charge is 0.387 e. The first-order valence-electron chi connectivity index (χ1n) is 8.75. The number of carbonyl (C=O) groups excluding carboxylic acids is 1. The summed E-state index contributed by atoms with van der Waals surface area (Å²) in [5.41, 5.74) is 2.24. The number of aliphatic hydroxyl groups excluding tert-OH is 1. The number of aromatic nitrogens is 4. The molecule has 3 aromatic rings. The van der Waals surface area contributed by atoms with Crippen molar-refractivity contribution in [3.8, 4) is 17.3 Å². The van der Waals surface area contributed by atoms with Gasteiger partial charge in [-0.15, -0.1) is 0 Å². The molecule has 0 bridgehead atoms. The molecule has 0 aliphatic carbocycles. The van der Waals surface area contributed by atoms with E-state index in [0.29, 0.717) is 23.5 Å². The Balaban J connectivity index is 1.66. The Kier molecular flexibility index (Phi) is 6.23. The zero-order chi connectivity index (χ0) is 21.1. The summed E-state index contributed by atoms with van der Waals surface area (Å²) in [4.78, 5) is 12.3. The second-order valence-electron chi connectivity index (χ2n) is 6.61. The number of hydrogen-bond acceptors (Lipinski definition) is 5. The number of halogens is 2. The highest BCUT2D eigenvalue weighted by Crippen LogP contribution is 2.30. The molecule has 29 heavy (non-hydrogen) atoms. The topological polar surface area (TPSA) is 120 Å². The van der Waals surface area contributed by atoms with Crippen molar-refractivity contribution in [2.24, 2.45) is 0 Å². The van der Waals surface area contributed by atoms with E-state index in [0.717, 1.165) is 0 Å². The quantitative estimate of drug-likeness (QED) is 0.551. The van der Waals surface area contributed by atoms with E-state index in [4.69, 9.17) is 28.5 Å². The van der Waals surface area contributed by atoms with E-state index in [1.807, 2.05) is 13.0 Å². The molecule has 0 fully saturated rings. The van der Waals surface area contributed by atoms with Gasteiger partial charge in [0.15, 0.2) is 0 Å². The Labute approximate surface area is 177 Å². The van der Waals surface area contributed by atoms with Crippen LogP contribution in [0.4, 0.5) is 0 Å². The molecular formula is C19H18Cl2N6O2. The average Bonchev–Trinajstić information content (AvgIpc) is 3.31. The van der Waals surface area contributed by atoms with E-state index in [1.54, 1.807) is 36.0 Å². The molecule has 2 aromatic heterocycles. The molecule has 8 nitrogen and oxygen atoms in total. The summed E-state index contributed by atoms with van der Waals surface area (Å²) in [5, 5.41) is 32.9. The van der Waals surface area contributed by atoms with Crippen LogP contribution < -0.4 is 5.32 Å². The number of nitrogens with zero attached hydrogens (tertiary/aromatic N) is 4. The number of H-pyrrole nitrogens is 1. The molecule has 3 N–H and O–H groups in total. The molecule has 0 aliphatic rings. The van der Waals surface area contributed by atoms with Crippen molar-refractivity contribution < 1.29 is 9.90 Å². The van der Waals surface area contributed by atoms with Gasteiger partial charge in [0.1, 0.15) is 11.8 Å². The Morgan fingerprint density at radius 3 is 2.62 bits per heavy atom. The van der Waals surface area contributed by atoms with Crippen LogP contribution >= 0.6 is 23.2 Å². The maximum atomic E-state index is 12.3. The number of amides is 1. The number of aromatic amines is 1. The fourth-order valence-electron chi connectivity index (χ4n) is 2.74. The number of benzene rings is 1. The molecule has 1 amide bonds. The summed E-state index contributed by atoms with van der Waals surface area (Å²) < 4.78 is 1.69. The number of aliphatic hydroxyl groups is 1. The predicted octanol–water partition coefficient (Wildman–Crippen LogP) is 3.32. The molecule has 2 atom stereocenters. The summed E-state index contributed by atoms with van der Waals surface area (Å²) >= 11 is 12.2. The highest BCUT2D eigenvalue weighted by Gasteiger charge is 2.16. The average molecular weight is 433 g/mol. The molecule has 150 valence electrons. The third kappa shape index (κ3) is 4.77. The minimum absolute atomic E-state index is 0.204. The van der Waals surface area contributed by atoms with Gasteiger partial charge in [0.2, 0.25) is 0 Å². The lowest BCUT2D eigenvalue weighted by Crippen LogP contribution is -2.36. The van der Waals surface area contributed by atoms with Crippen molar-refractivity contribution in [1.82, 2.24) is 25.3 Å². The third-order valence-corrected chi connectivity index (χ3v) is 4.81. The third-order valence-electron chi connectivity index (χ3n) is 4.21. The molecule has 2 heterocycles. The first-order valence-corrected chi connectivity index (χ1v) is 9.51. The van der Waals surface area contributed by atoms with Crippen LogP contribution in [0, 0.1) is 11.3 Å². The fourth-order valence-corrected chi connectivity index (χ4v) is 3.31. The van der Waals surface area contributed by atoms with E-state index >= 15 is 0 Å². The van der Waals surface area contributed by atoms with Crippen LogP contribution in [0.25, 0.3) is 11.3 Å². The molecule has 0 spiro atoms. The maximum absolute atomic E-state index is 12.3. The van der Waals surface area contributed by atoms with Gasteiger partial charge in [0.05, 0.1) is 39.6 Å². The van der Waals surface area contributed by atoms with Crippen LogP contribution in [0.1, 0.15) is 41.7 Å². The van der Waals surface area contributed by atoms with E-state index in [1.165, 1.54) is 6.07 Å². The molecule has 0 saturated heterocycles. The second kappa shape index (κ2) is 8.66. The highest BCUT2D eigenvalue weighted by atomic mass is 35.5. The zero-order valence-corrected chi connectivity index (χ0v) is 17.2. The summed E-state index contributed by atoms with van der Waals surface area (Å²) in [6.45, 7) is 3.86. The van der Waals surface area contributed by atoms with Gasteiger partial charge in [0.25, 0.3) is 5.91 Å². The first-order chi connectivity index (χ1) is 13.8. The van der Waals surface area contributed by atoms with Crippen molar-refractivity contribution in [1.29, 1.82) is 5.26 Å². The molecular weight excluding hydrogens is 415 g/mol. The Morgan fingerprint density at radius 2 is 2.03 bits per heavy atom. The van der Waals surface area contributed by atoms with Gasteiger partial charge in [-0.2, -0.15) is 15.5 Å². The lowest BCUT2D eigenvalue weighted by atomic mass is 10.1. The SMILES string of the molecule is CC(O)c1cc(C(=O)N[C@@H](C)Cn2ccc(-c3cc(Cl)c(C#N)c(Cl)c3)n2)n[nH]1. The van der Waals surface area contributed by atoms with Crippen LogP contribution in [0.2, 0.25) is 10.0 Å². The molecule has 1 aromatic carbocycles. The molecule has 0 saturated carbocycles. The number of nitrogens with one attached hydrogen (secondary N) is 2. The van der Waals surface area contributed by atoms with Crippen LogP contribution in [0.15, 0.2) is 30.5 Å². The van der Waals surface area contributed by atoms with Crippen molar-refractivity contribution in [2.75, 3.05) is 0 Å². The Hall–Kier alpha value is -2.86. The predicted molar refractivity (Wildman–Crippen MR) is 109 cm³/mol. The normalized spacial score (nSPS) is 13.0. The minimum Gasteiger partial charge on any atom is -0.387 e. The fraction of sp³-hybridized carbons (Fsp3) is 0.263. The van der Waals surface area contributed by atoms with Gasteiger partial charge in [0, 0.05) is 17.8 Å². The lowest BCUT2D eigenvalue weighted by molar-refractivity contribution is 0.0931. The number of carbonyl (C=O) groups is 1. The molecule has 3 rings (SSSR count). The van der Waals surface area contributed by atoms with E-state index in [9.17, 15) is 9.90 Å². The summed E-state index contributed by atoms with van der Waals surface area (Å²) in [5.74, 6) is -0.348. The van der Waals surface area contributed by atoms with Crippen molar-refractivity contribution >= 4 is 29.1 Å². The van der Waals surface area contributed by atoms with Gasteiger partial charge >= 0.3 is 0 Å². The summed E-state index contributed by atoms with van der Waals surface area (Å²) in [6.07, 6.45) is 1.05. The van der Waals surface area contributed by atoms with Crippen molar-refractivity contribution in [2.45, 2.75) is 32.5 Å². The molecule has 10 heteroatoms. The van der Waals surface area contributed by atoms with Crippen LogP contribution in [0.5, 0.6) is 0 Å². The monoisotopic (exact) mass is 432 g/mol.